The molecule has 0 saturated carbocycles. The van der Waals surface area contributed by atoms with Crippen molar-refractivity contribution in [2.75, 3.05) is 28.6 Å². The van der Waals surface area contributed by atoms with E-state index >= 15 is 0 Å². The first-order valence-corrected chi connectivity index (χ1v) is 12.6. The highest BCUT2D eigenvalue weighted by Crippen LogP contribution is 2.34. The molecule has 7 nitrogen and oxygen atoms in total. The van der Waals surface area contributed by atoms with Gasteiger partial charge in [0.05, 0.1) is 16.9 Å². The molecule has 0 fully saturated rings. The molecule has 4 amide bonds. The summed E-state index contributed by atoms with van der Waals surface area (Å²) in [7, 11) is 0. The van der Waals surface area contributed by atoms with Crippen molar-refractivity contribution in [1.29, 1.82) is 0 Å². The molecule has 4 rings (SSSR count). The van der Waals surface area contributed by atoms with Crippen LogP contribution in [0.3, 0.4) is 0 Å². The number of anilines is 3. The maximum Gasteiger partial charge on any atom is 0.418 e. The first-order chi connectivity index (χ1) is 19.7. The average Bonchev–Trinajstić information content (AvgIpc) is 2.95. The Morgan fingerprint density at radius 2 is 1.34 bits per heavy atom. The zero-order chi connectivity index (χ0) is 29.2. The molecule has 0 unspecified atom stereocenters. The molecule has 212 valence electrons. The largest absolute Gasteiger partial charge is 0.457 e. The maximum absolute atomic E-state index is 14.2. The number of carbonyl (C=O) groups is 2. The summed E-state index contributed by atoms with van der Waals surface area (Å²) in [5.41, 5.74) is -0.873. The first kappa shape index (κ1) is 28.9. The third-order valence-corrected chi connectivity index (χ3v) is 5.81. The molecule has 0 aliphatic rings. The van der Waals surface area contributed by atoms with Crippen LogP contribution < -0.4 is 25.6 Å². The summed E-state index contributed by atoms with van der Waals surface area (Å²) in [4.78, 5) is 26.8. The van der Waals surface area contributed by atoms with Crippen LogP contribution in [0.5, 0.6) is 11.5 Å². The van der Waals surface area contributed by atoms with Crippen LogP contribution in [-0.2, 0) is 6.18 Å². The van der Waals surface area contributed by atoms with Crippen molar-refractivity contribution in [3.05, 3.63) is 115 Å². The van der Waals surface area contributed by atoms with Crippen LogP contribution in [0.15, 0.2) is 103 Å². The van der Waals surface area contributed by atoms with Crippen molar-refractivity contribution in [3.8, 4) is 11.5 Å². The molecule has 0 bridgehead atoms. The molecule has 4 aromatic carbocycles. The van der Waals surface area contributed by atoms with E-state index in [9.17, 15) is 27.2 Å². The molecule has 0 heterocycles. The minimum absolute atomic E-state index is 0.00707. The fraction of sp³-hybridized carbons (Fsp3) is 0.133. The van der Waals surface area contributed by atoms with Gasteiger partial charge >= 0.3 is 18.2 Å². The average molecular weight is 567 g/mol. The monoisotopic (exact) mass is 566 g/mol. The van der Waals surface area contributed by atoms with E-state index in [0.717, 1.165) is 12.1 Å². The van der Waals surface area contributed by atoms with Gasteiger partial charge < -0.3 is 20.7 Å². The van der Waals surface area contributed by atoms with Crippen molar-refractivity contribution in [2.45, 2.75) is 12.6 Å². The summed E-state index contributed by atoms with van der Waals surface area (Å²) < 4.78 is 59.6. The number of hydrogen-bond acceptors (Lipinski definition) is 3. The van der Waals surface area contributed by atoms with Crippen LogP contribution in [-0.4, -0.2) is 25.2 Å². The lowest BCUT2D eigenvalue weighted by atomic mass is 10.1. The lowest BCUT2D eigenvalue weighted by molar-refractivity contribution is -0.136. The minimum Gasteiger partial charge on any atom is -0.457 e. The third kappa shape index (κ3) is 8.21. The fourth-order valence-electron chi connectivity index (χ4n) is 3.86. The van der Waals surface area contributed by atoms with Gasteiger partial charge in [-0.3, -0.25) is 4.90 Å². The van der Waals surface area contributed by atoms with Crippen molar-refractivity contribution in [1.82, 2.24) is 5.32 Å². The van der Waals surface area contributed by atoms with Crippen LogP contribution in [0.4, 0.5) is 44.2 Å². The smallest absolute Gasteiger partial charge is 0.418 e. The summed E-state index contributed by atoms with van der Waals surface area (Å²) in [6.07, 6.45) is -4.39. The second kappa shape index (κ2) is 13.3. The van der Waals surface area contributed by atoms with E-state index in [2.05, 4.69) is 16.0 Å². The fourth-order valence-corrected chi connectivity index (χ4v) is 3.86. The molecule has 0 aliphatic carbocycles. The Balaban J connectivity index is 1.40. The summed E-state index contributed by atoms with van der Waals surface area (Å²) in [5, 5.41) is 7.24. The predicted molar refractivity (Wildman–Crippen MR) is 149 cm³/mol. The van der Waals surface area contributed by atoms with Crippen LogP contribution in [0, 0.1) is 5.82 Å². The van der Waals surface area contributed by atoms with E-state index in [1.165, 1.54) is 35.2 Å². The molecule has 0 aliphatic heterocycles. The number of rotatable bonds is 9. The molecule has 0 saturated heterocycles. The zero-order valence-corrected chi connectivity index (χ0v) is 21.6. The van der Waals surface area contributed by atoms with Crippen LogP contribution in [0.25, 0.3) is 0 Å². The molecular formula is C30H26F4N4O3. The Bertz CT molecular complexity index is 1460. The molecule has 4 aromatic rings. The van der Waals surface area contributed by atoms with Gasteiger partial charge in [-0.25, -0.2) is 14.0 Å². The topological polar surface area (TPSA) is 82.7 Å². The summed E-state index contributed by atoms with van der Waals surface area (Å²) in [6.45, 7) is 0.136. The number of amides is 4. The number of benzene rings is 4. The van der Waals surface area contributed by atoms with Crippen LogP contribution in [0.2, 0.25) is 0 Å². The number of alkyl halides is 3. The van der Waals surface area contributed by atoms with Gasteiger partial charge in [0, 0.05) is 18.8 Å². The third-order valence-electron chi connectivity index (χ3n) is 5.81. The van der Waals surface area contributed by atoms with Gasteiger partial charge in [-0.05, 0) is 67.1 Å². The second-order valence-corrected chi connectivity index (χ2v) is 8.75. The van der Waals surface area contributed by atoms with Gasteiger partial charge in [-0.1, -0.05) is 42.5 Å². The van der Waals surface area contributed by atoms with Gasteiger partial charge in [0.15, 0.2) is 0 Å². The van der Waals surface area contributed by atoms with Crippen LogP contribution >= 0.6 is 0 Å². The molecule has 41 heavy (non-hydrogen) atoms. The van der Waals surface area contributed by atoms with E-state index in [1.807, 2.05) is 18.2 Å². The van der Waals surface area contributed by atoms with Gasteiger partial charge in [0.25, 0.3) is 0 Å². The Kier molecular flexibility index (Phi) is 9.41. The molecule has 0 atom stereocenters. The number of carbonyl (C=O) groups excluding carboxylic acids is 2. The van der Waals surface area contributed by atoms with Crippen molar-refractivity contribution >= 4 is 29.1 Å². The number of hydrogen-bond donors (Lipinski definition) is 3. The maximum atomic E-state index is 14.2. The Morgan fingerprint density at radius 1 is 0.732 bits per heavy atom. The summed E-state index contributed by atoms with van der Waals surface area (Å²) in [6, 6.07) is 24.7. The second-order valence-electron chi connectivity index (χ2n) is 8.75. The van der Waals surface area contributed by atoms with E-state index in [-0.39, 0.29) is 30.9 Å². The lowest BCUT2D eigenvalue weighted by Crippen LogP contribution is -2.38. The first-order valence-electron chi connectivity index (χ1n) is 12.6. The number of para-hydroxylation sites is 3. The predicted octanol–water partition coefficient (Wildman–Crippen LogP) is 7.89. The minimum atomic E-state index is -4.63. The van der Waals surface area contributed by atoms with Crippen molar-refractivity contribution < 1.29 is 31.9 Å². The van der Waals surface area contributed by atoms with Gasteiger partial charge in [0.1, 0.15) is 17.3 Å². The number of nitrogens with zero attached hydrogens (tertiary/aromatic N) is 1. The quantitative estimate of drug-likeness (QED) is 0.142. The van der Waals surface area contributed by atoms with E-state index in [1.54, 1.807) is 42.5 Å². The van der Waals surface area contributed by atoms with Crippen molar-refractivity contribution in [3.63, 3.8) is 0 Å². The lowest BCUT2D eigenvalue weighted by Gasteiger charge is -2.24. The SMILES string of the molecule is O=C(NCCCN(C(=O)Nc1ccccc1F)c1ccc(Oc2ccccc2)cc1)Nc1ccccc1C(F)(F)F. The molecule has 11 heteroatoms. The standard InChI is InChI=1S/C30H26F4N4O3/c31-25-12-5-7-14-27(25)37-29(40)38(21-15-17-23(18-16-21)41-22-9-2-1-3-10-22)20-8-19-35-28(39)36-26-13-6-4-11-24(26)30(32,33)34/h1-7,9-18H,8,19-20H2,(H,37,40)(H2,35,36,39). The summed E-state index contributed by atoms with van der Waals surface area (Å²) in [5.74, 6) is 0.563. The van der Waals surface area contributed by atoms with E-state index < -0.39 is 29.6 Å². The molecule has 3 N–H and O–H groups in total. The van der Waals surface area contributed by atoms with Crippen molar-refractivity contribution in [2.24, 2.45) is 0 Å². The van der Waals surface area contributed by atoms with E-state index in [0.29, 0.717) is 17.2 Å². The molecule has 0 radical (unpaired) electrons. The number of ether oxygens (including phenoxy) is 1. The van der Waals surface area contributed by atoms with E-state index in [4.69, 9.17) is 4.74 Å². The number of halogens is 4. The zero-order valence-electron chi connectivity index (χ0n) is 21.6. The molecule has 0 spiro atoms. The summed E-state index contributed by atoms with van der Waals surface area (Å²) >= 11 is 0. The number of nitrogens with one attached hydrogen (secondary N) is 3. The highest BCUT2D eigenvalue weighted by atomic mass is 19.4. The normalized spacial score (nSPS) is 10.9. The Labute approximate surface area is 233 Å². The highest BCUT2D eigenvalue weighted by molar-refractivity contribution is 6.01. The van der Waals surface area contributed by atoms with Gasteiger partial charge in [-0.2, -0.15) is 13.2 Å². The molecule has 0 aromatic heterocycles. The van der Waals surface area contributed by atoms with Crippen LogP contribution in [0.1, 0.15) is 12.0 Å². The number of urea groups is 2. The Morgan fingerprint density at radius 3 is 2.02 bits per heavy atom. The van der Waals surface area contributed by atoms with Gasteiger partial charge in [-0.15, -0.1) is 0 Å². The molecular weight excluding hydrogens is 540 g/mol. The Hall–Kier alpha value is -5.06. The highest BCUT2D eigenvalue weighted by Gasteiger charge is 2.33. The van der Waals surface area contributed by atoms with Gasteiger partial charge in [0.2, 0.25) is 0 Å².